The minimum atomic E-state index is -0.717. The van der Waals surface area contributed by atoms with Gasteiger partial charge in [-0.25, -0.2) is 38.4 Å². The Hall–Kier alpha value is -7.62. The Kier molecular flexibility index (Phi) is 23.1. The minimum Gasteiger partial charge on any atom is -0.461 e. The monoisotopic (exact) mass is 1390 g/mol. The number of carbonyl (C=O) groups excluding carboxylic acids is 10. The molecule has 26 nitrogen and oxygen atoms in total. The Balaban J connectivity index is 0.000000132. The highest BCUT2D eigenvalue weighted by molar-refractivity contribution is 5.94. The lowest BCUT2D eigenvalue weighted by atomic mass is 9.82. The van der Waals surface area contributed by atoms with E-state index in [1.165, 1.54) is 0 Å². The van der Waals surface area contributed by atoms with Crippen LogP contribution in [0, 0.1) is 11.8 Å². The molecule has 16 aliphatic heterocycles. The van der Waals surface area contributed by atoms with Gasteiger partial charge >= 0.3 is 59.7 Å². The van der Waals surface area contributed by atoms with Gasteiger partial charge in [-0.3, -0.25) is 9.59 Å². The molecule has 16 aliphatic rings. The summed E-state index contributed by atoms with van der Waals surface area (Å²) >= 11 is 0. The van der Waals surface area contributed by atoms with Crippen molar-refractivity contribution >= 4 is 59.7 Å². The van der Waals surface area contributed by atoms with Crippen molar-refractivity contribution in [3.05, 3.63) is 97.2 Å². The highest BCUT2D eigenvalue weighted by atomic mass is 16.6. The van der Waals surface area contributed by atoms with Crippen molar-refractivity contribution < 1.29 is 124 Å². The summed E-state index contributed by atoms with van der Waals surface area (Å²) in [5.74, 6) is -2.22. The van der Waals surface area contributed by atoms with Crippen LogP contribution in [0.3, 0.4) is 0 Å². The molecule has 0 radical (unpaired) electrons. The van der Waals surface area contributed by atoms with Gasteiger partial charge in [-0.15, -0.1) is 0 Å². The fraction of sp³-hybridized carbons (Fsp3) is 0.644. The largest absolute Gasteiger partial charge is 0.461 e. The molecule has 16 saturated heterocycles. The van der Waals surface area contributed by atoms with Gasteiger partial charge in [0.25, 0.3) is 0 Å². The quantitative estimate of drug-likeness (QED) is 0.140. The van der Waals surface area contributed by atoms with Crippen molar-refractivity contribution in [3.8, 4) is 0 Å². The Bertz CT molecular complexity index is 3140. The third-order valence-corrected chi connectivity index (χ3v) is 21.1. The molecule has 0 bridgehead atoms. The van der Waals surface area contributed by atoms with E-state index >= 15 is 0 Å². The second-order valence-electron chi connectivity index (χ2n) is 28.5. The van der Waals surface area contributed by atoms with Crippen molar-refractivity contribution in [2.45, 2.75) is 213 Å². The van der Waals surface area contributed by atoms with E-state index in [1.54, 1.807) is 0 Å². The number of hydrogen-bond donors (Lipinski definition) is 0. The number of cyclic esters (lactones) is 2. The molecule has 0 aromatic rings. The molecule has 0 aromatic heterocycles. The molecule has 542 valence electrons. The van der Waals surface area contributed by atoms with Gasteiger partial charge in [-0.2, -0.15) is 0 Å². The van der Waals surface area contributed by atoms with Crippen LogP contribution < -0.4 is 0 Å². The molecule has 0 aliphatic carbocycles. The molecule has 0 saturated carbocycles. The molecule has 0 amide bonds. The molecule has 12 atom stereocenters. The zero-order valence-corrected chi connectivity index (χ0v) is 57.7. The first-order chi connectivity index (χ1) is 46.7. The van der Waals surface area contributed by atoms with Crippen molar-refractivity contribution in [2.75, 3.05) is 72.7 Å². The van der Waals surface area contributed by atoms with E-state index < -0.39 is 22.8 Å². The maximum atomic E-state index is 11.2. The zero-order valence-electron chi connectivity index (χ0n) is 57.7. The van der Waals surface area contributed by atoms with E-state index in [4.69, 9.17) is 75.8 Å². The third kappa shape index (κ3) is 16.7. The van der Waals surface area contributed by atoms with Gasteiger partial charge < -0.3 is 75.8 Å². The number of hydrogen-bond acceptors (Lipinski definition) is 26. The summed E-state index contributed by atoms with van der Waals surface area (Å²) in [6, 6.07) is 0. The summed E-state index contributed by atoms with van der Waals surface area (Å²) in [7, 11) is 0. The molecule has 16 heterocycles. The van der Waals surface area contributed by atoms with Crippen LogP contribution in [0.25, 0.3) is 0 Å². The fourth-order valence-electron chi connectivity index (χ4n) is 14.8. The smallest absolute Gasteiger partial charge is 0.334 e. The number of ether oxygens (including phenoxy) is 16. The van der Waals surface area contributed by atoms with E-state index in [1.807, 2.05) is 20.8 Å². The van der Waals surface area contributed by atoms with Crippen LogP contribution in [-0.2, 0) is 124 Å². The average molecular weight is 1390 g/mol. The summed E-state index contributed by atoms with van der Waals surface area (Å²) < 4.78 is 83.6. The third-order valence-electron chi connectivity index (χ3n) is 21.1. The molecule has 8 spiro atoms. The van der Waals surface area contributed by atoms with Gasteiger partial charge in [0.2, 0.25) is 0 Å². The van der Waals surface area contributed by atoms with Gasteiger partial charge in [0.15, 0.2) is 11.2 Å². The highest BCUT2D eigenvalue weighted by Gasteiger charge is 2.57. The molecule has 16 rings (SSSR count). The van der Waals surface area contributed by atoms with Crippen LogP contribution in [0.1, 0.15) is 150 Å². The van der Waals surface area contributed by atoms with Gasteiger partial charge in [0.05, 0.1) is 84.2 Å². The standard InChI is InChI=1S/3C10H14O3.C9H10O4.2C9H12O3.C8H8O4.C8H10O3/c1-6-4-10(13-9(6)11)7(2)5-12-8(10)3;1-7-5-10(13-9(7)11)3-4-12-6-8(10)2;1-3-8-10(4-5-12-8)6-7(2)9(11)13-10;1-6-4-9(13-8(6)11)3-2-7(10)12-5-9;1-6-5-9(12-8(6)10)3-4-11-7(9)2;1-7-6-9(12-8(7)10)2-4-11-5-3-9;1-5-2-8(12-7(5)10)3-6(9)11-4-8;1-6-4-8(11-7(6)9)2-3-10-5-8/h7-8H,1,4-5H2,2-3H3;8H,1,3-6H2,2H3;8H,2-6H2,1H3;1-5H2;7H,1,3-5H2,2H3;1-6H2;1-4H2;1-5H2. The van der Waals surface area contributed by atoms with E-state index in [9.17, 15) is 47.9 Å². The fourth-order valence-corrected chi connectivity index (χ4v) is 14.8. The molecule has 16 fully saturated rings. The normalized spacial score (nSPS) is 37.0. The van der Waals surface area contributed by atoms with Crippen LogP contribution in [0.15, 0.2) is 97.2 Å². The molecule has 26 heteroatoms. The average Bonchev–Trinajstić information content (AvgIpc) is 1.63. The van der Waals surface area contributed by atoms with E-state index in [2.05, 4.69) is 66.5 Å². The summed E-state index contributed by atoms with van der Waals surface area (Å²) in [5, 5.41) is 0. The predicted molar refractivity (Wildman–Crippen MR) is 346 cm³/mol. The van der Waals surface area contributed by atoms with Gasteiger partial charge in [0.1, 0.15) is 46.8 Å². The zero-order chi connectivity index (χ0) is 72.1. The number of rotatable bonds is 1. The highest BCUT2D eigenvalue weighted by Crippen LogP contribution is 2.47. The van der Waals surface area contributed by atoms with Crippen molar-refractivity contribution in [3.63, 3.8) is 0 Å². The molecular weight excluding hydrogens is 1290 g/mol. The maximum Gasteiger partial charge on any atom is 0.334 e. The lowest BCUT2D eigenvalue weighted by molar-refractivity contribution is -0.172. The molecular formula is C73H94O26. The second-order valence-corrected chi connectivity index (χ2v) is 28.5. The summed E-state index contributed by atoms with van der Waals surface area (Å²) in [6.45, 7) is 45.6. The minimum absolute atomic E-state index is 0.00861. The molecule has 0 N–H and O–H groups in total. The van der Waals surface area contributed by atoms with Gasteiger partial charge in [-0.05, 0) is 20.3 Å². The van der Waals surface area contributed by atoms with Crippen LogP contribution in [-0.4, -0.2) is 195 Å². The first kappa shape index (κ1) is 75.6. The van der Waals surface area contributed by atoms with Gasteiger partial charge in [0, 0.05) is 159 Å². The SMILES string of the molecule is C=C1CC2(CCC(=O)OC2)OC1=O.C=C1CC2(CCOC2)OC1=O.C=C1CC2(CCOC2C)OC1=O.C=C1CC2(CCOC2CC)OC1=O.C=C1CC2(CCOCC2)OC1=O.C=C1CC2(CCOCC2C)OC1=O.C=C1CC2(COC(=O)C2)OC1=O.C=C1CC2(OC1=O)C(C)COC2C. The van der Waals surface area contributed by atoms with Gasteiger partial charge in [-0.1, -0.05) is 73.4 Å². The molecule has 99 heavy (non-hydrogen) atoms. The Labute approximate surface area is 576 Å². The molecule has 0 aromatic carbocycles. The number of esters is 10. The van der Waals surface area contributed by atoms with Crippen LogP contribution in [0.4, 0.5) is 0 Å². The lowest BCUT2D eigenvalue weighted by Gasteiger charge is -2.37. The first-order valence-electron chi connectivity index (χ1n) is 33.9. The summed E-state index contributed by atoms with van der Waals surface area (Å²) in [4.78, 5) is 110. The summed E-state index contributed by atoms with van der Waals surface area (Å²) in [6.07, 6.45) is 11.7. The summed E-state index contributed by atoms with van der Waals surface area (Å²) in [5.41, 5.74) is 1.04. The second kappa shape index (κ2) is 30.3. The first-order valence-corrected chi connectivity index (χ1v) is 33.9. The topological polar surface area (TPSA) is 318 Å². The van der Waals surface area contributed by atoms with Crippen LogP contribution >= 0.6 is 0 Å². The Morgan fingerprint density at radius 3 is 1.15 bits per heavy atom. The van der Waals surface area contributed by atoms with E-state index in [-0.39, 0.29) is 132 Å². The Morgan fingerprint density at radius 1 is 0.333 bits per heavy atom. The Morgan fingerprint density at radius 2 is 0.747 bits per heavy atom. The van der Waals surface area contributed by atoms with Crippen LogP contribution in [0.5, 0.6) is 0 Å². The van der Waals surface area contributed by atoms with E-state index in [0.29, 0.717) is 168 Å². The van der Waals surface area contributed by atoms with Crippen LogP contribution in [0.2, 0.25) is 0 Å². The number of carbonyl (C=O) groups is 10. The van der Waals surface area contributed by atoms with E-state index in [0.717, 1.165) is 44.9 Å². The predicted octanol–water partition coefficient (Wildman–Crippen LogP) is 7.46. The van der Waals surface area contributed by atoms with Crippen molar-refractivity contribution in [2.24, 2.45) is 11.8 Å². The maximum absolute atomic E-state index is 11.2. The molecule has 12 unspecified atom stereocenters. The van der Waals surface area contributed by atoms with Crippen molar-refractivity contribution in [1.29, 1.82) is 0 Å². The van der Waals surface area contributed by atoms with Crippen molar-refractivity contribution in [1.82, 2.24) is 0 Å². The lowest BCUT2D eigenvalue weighted by Crippen LogP contribution is -2.43.